The van der Waals surface area contributed by atoms with E-state index in [1.54, 1.807) is 42.5 Å². The van der Waals surface area contributed by atoms with Crippen LogP contribution in [0.4, 0.5) is 105 Å². The quantitative estimate of drug-likeness (QED) is 0.142. The predicted molar refractivity (Wildman–Crippen MR) is 330 cm³/mol. The normalized spacial score (nSPS) is 13.1. The van der Waals surface area contributed by atoms with Gasteiger partial charge in [-0.25, -0.2) is 4.98 Å². The smallest absolute Gasteiger partial charge is 0.308 e. The number of nitriles is 1. The summed E-state index contributed by atoms with van der Waals surface area (Å²) in [5.41, 5.74) is -20.0. The minimum atomic E-state index is -5.49. The van der Waals surface area contributed by atoms with Gasteiger partial charge >= 0.3 is 49.4 Å². The molecule has 0 fully saturated rings. The monoisotopic (exact) mass is 1430 g/mol. The molecule has 4 nitrogen and oxygen atoms in total. The summed E-state index contributed by atoms with van der Waals surface area (Å²) in [4.78, 5) is 4.89. The maximum atomic E-state index is 15.0. The highest BCUT2D eigenvalue weighted by atomic mass is 19.4. The Morgan fingerprint density at radius 2 is 0.529 bits per heavy atom. The molecule has 102 heavy (non-hydrogen) atoms. The van der Waals surface area contributed by atoms with E-state index in [9.17, 15) is 111 Å². The molecule has 3 heterocycles. The van der Waals surface area contributed by atoms with Crippen LogP contribution < -0.4 is 0 Å². The van der Waals surface area contributed by atoms with Crippen LogP contribution in [0, 0.1) is 11.3 Å². The van der Waals surface area contributed by atoms with Gasteiger partial charge in [-0.15, -0.1) is 0 Å². The topological polar surface area (TPSA) is 46.5 Å². The molecule has 0 aliphatic heterocycles. The third-order valence-corrected chi connectivity index (χ3v) is 17.2. The summed E-state index contributed by atoms with van der Waals surface area (Å²) in [6.07, 6.45) is -43.2. The molecule has 0 bridgehead atoms. The van der Waals surface area contributed by atoms with E-state index in [4.69, 9.17) is 4.98 Å². The summed E-state index contributed by atoms with van der Waals surface area (Å²) in [6.45, 7) is 0. The third kappa shape index (κ3) is 12.6. The summed E-state index contributed by atoms with van der Waals surface area (Å²) < 4.78 is 351. The molecule has 0 saturated carbocycles. The molecule has 0 atom stereocenters. The van der Waals surface area contributed by atoms with Crippen LogP contribution in [0.1, 0.15) is 50.1 Å². The SMILES string of the molecule is N#Cc1c(-n2c3ccc(-c4ccc(C(F)(F)F)cc4C(F)(F)F)cc3c3cc(-c4ccc(C(F)(F)F)cc4C(F)(F)F)ccc32)cc(-c2cccc(-c3ccccc3)n2)cc1-n1c2ccc(-c3ccc(C(F)(F)F)cc3C(F)(F)F)cc2c2cc(-c3ccc(C(F)(F)F)cc3C(F)(F)F)ccc21. The number of nitrogens with zero attached hydrogens (tertiary/aromatic N) is 4. The maximum absolute atomic E-state index is 15.0. The van der Waals surface area contributed by atoms with Crippen molar-refractivity contribution in [3.05, 3.63) is 256 Å². The van der Waals surface area contributed by atoms with Gasteiger partial charge in [-0.3, -0.25) is 0 Å². The van der Waals surface area contributed by atoms with E-state index in [0.29, 0.717) is 59.8 Å². The van der Waals surface area contributed by atoms with E-state index in [1.165, 1.54) is 27.3 Å². The fraction of sp³-hybridized carbons (Fsp3) is 0.108. The number of benzene rings is 10. The van der Waals surface area contributed by atoms with Crippen molar-refractivity contribution in [2.45, 2.75) is 49.4 Å². The second-order valence-electron chi connectivity index (χ2n) is 23.4. The average molecular weight is 1440 g/mol. The zero-order chi connectivity index (χ0) is 73.5. The van der Waals surface area contributed by atoms with Gasteiger partial charge in [0.25, 0.3) is 0 Å². The van der Waals surface area contributed by atoms with Gasteiger partial charge in [-0.1, -0.05) is 84.9 Å². The van der Waals surface area contributed by atoms with Crippen LogP contribution in [-0.4, -0.2) is 14.1 Å². The van der Waals surface area contributed by atoms with Crippen molar-refractivity contribution < 1.29 is 105 Å². The number of hydrogen-bond acceptors (Lipinski definition) is 2. The molecule has 10 aromatic carbocycles. The van der Waals surface area contributed by atoms with E-state index in [1.807, 2.05) is 0 Å². The average Bonchev–Trinajstić information content (AvgIpc) is 1.55. The second kappa shape index (κ2) is 24.0. The molecule has 0 radical (unpaired) electrons. The first-order valence-corrected chi connectivity index (χ1v) is 29.5. The molecular weight excluding hydrogens is 1400 g/mol. The Balaban J connectivity index is 1.16. The van der Waals surface area contributed by atoms with Crippen LogP contribution in [0.2, 0.25) is 0 Å². The van der Waals surface area contributed by atoms with Crippen molar-refractivity contribution in [1.82, 2.24) is 14.1 Å². The fourth-order valence-corrected chi connectivity index (χ4v) is 12.7. The molecule has 13 rings (SSSR count). The Morgan fingerprint density at radius 1 is 0.255 bits per heavy atom. The van der Waals surface area contributed by atoms with Crippen LogP contribution in [0.3, 0.4) is 0 Å². The Hall–Kier alpha value is -11.2. The first-order chi connectivity index (χ1) is 47.6. The van der Waals surface area contributed by atoms with Crippen molar-refractivity contribution in [3.63, 3.8) is 0 Å². The number of halogens is 24. The van der Waals surface area contributed by atoms with Crippen molar-refractivity contribution in [3.8, 4) is 84.5 Å². The van der Waals surface area contributed by atoms with Crippen LogP contribution in [0.25, 0.3) is 122 Å². The zero-order valence-corrected chi connectivity index (χ0v) is 50.5. The van der Waals surface area contributed by atoms with Gasteiger partial charge in [0, 0.05) is 32.7 Å². The standard InChI is InChI=1S/C74H34F24N4/c75-67(76,77)42-13-17-46(55(31-42)71(87,88)89)37-9-21-61-50(25-37)51-26-38(47-18-14-43(68(78,79)80)32-56(47)72(90,91)92)10-22-62(51)101(61)65-29-41(60-8-4-7-59(100-60)36-5-2-1-3-6-36)30-66(54(65)35-99)102-63-23-11-39(48-19-15-44(69(81,82)83)33-57(48)73(93,94)95)27-52(63)53-28-40(12-24-64(53)102)49-20-16-45(70(84,85)86)34-58(49)74(96,97)98/h1-34H. The first-order valence-electron chi connectivity index (χ1n) is 29.5. The number of fused-ring (bicyclic) bond motifs is 6. The summed E-state index contributed by atoms with van der Waals surface area (Å²) in [7, 11) is 0. The molecule has 28 heteroatoms. The summed E-state index contributed by atoms with van der Waals surface area (Å²) in [6, 6.07) is 33.5. The van der Waals surface area contributed by atoms with E-state index < -0.39 is 144 Å². The number of pyridine rings is 1. The molecule has 518 valence electrons. The lowest BCUT2D eigenvalue weighted by atomic mass is 9.94. The van der Waals surface area contributed by atoms with Crippen LogP contribution in [0.5, 0.6) is 0 Å². The lowest BCUT2D eigenvalue weighted by Crippen LogP contribution is -2.12. The first kappa shape index (κ1) is 69.2. The second-order valence-corrected chi connectivity index (χ2v) is 23.4. The zero-order valence-electron chi connectivity index (χ0n) is 50.5. The minimum Gasteiger partial charge on any atom is -0.308 e. The molecular formula is C74H34F24N4. The van der Waals surface area contributed by atoms with E-state index in [2.05, 4.69) is 6.07 Å². The molecule has 0 spiro atoms. The van der Waals surface area contributed by atoms with Gasteiger partial charge in [0.1, 0.15) is 11.6 Å². The van der Waals surface area contributed by atoms with Crippen LogP contribution in [-0.2, 0) is 49.4 Å². The number of rotatable bonds is 8. The molecule has 0 aliphatic carbocycles. The lowest BCUT2D eigenvalue weighted by molar-refractivity contribution is -0.144. The predicted octanol–water partition coefficient (Wildman–Crippen LogP) is 25.3. The Morgan fingerprint density at radius 3 is 0.784 bits per heavy atom. The number of alkyl halides is 24. The lowest BCUT2D eigenvalue weighted by Gasteiger charge is -2.19. The van der Waals surface area contributed by atoms with Crippen molar-refractivity contribution in [2.24, 2.45) is 0 Å². The van der Waals surface area contributed by atoms with Gasteiger partial charge in [-0.05, 0) is 166 Å². The molecule has 0 N–H and O–H groups in total. The van der Waals surface area contributed by atoms with Gasteiger partial charge in [0.2, 0.25) is 0 Å². The molecule has 3 aromatic heterocycles. The fourth-order valence-electron chi connectivity index (χ4n) is 12.7. The molecule has 0 saturated heterocycles. The largest absolute Gasteiger partial charge is 0.417 e. The van der Waals surface area contributed by atoms with Crippen molar-refractivity contribution >= 4 is 43.6 Å². The van der Waals surface area contributed by atoms with Crippen LogP contribution in [0.15, 0.2) is 206 Å². The summed E-state index contributed by atoms with van der Waals surface area (Å²) >= 11 is 0. The molecule has 0 unspecified atom stereocenters. The van der Waals surface area contributed by atoms with Gasteiger partial charge < -0.3 is 9.13 Å². The van der Waals surface area contributed by atoms with Gasteiger partial charge in [0.05, 0.1) is 89.3 Å². The molecule has 0 aliphatic rings. The van der Waals surface area contributed by atoms with Gasteiger partial charge in [-0.2, -0.15) is 111 Å². The molecule has 13 aromatic rings. The molecule has 0 amide bonds. The number of hydrogen-bond donors (Lipinski definition) is 0. The summed E-state index contributed by atoms with van der Waals surface area (Å²) in [5, 5.41) is 10.9. The Labute approximate surface area is 556 Å². The maximum Gasteiger partial charge on any atom is 0.417 e. The highest BCUT2D eigenvalue weighted by molar-refractivity contribution is 6.14. The van der Waals surface area contributed by atoms with Crippen molar-refractivity contribution in [1.29, 1.82) is 5.26 Å². The minimum absolute atomic E-state index is 0.0292. The number of aromatic nitrogens is 3. The highest BCUT2D eigenvalue weighted by Crippen LogP contribution is 2.50. The van der Waals surface area contributed by atoms with E-state index >= 15 is 0 Å². The Kier molecular flexibility index (Phi) is 16.3. The van der Waals surface area contributed by atoms with Crippen molar-refractivity contribution in [2.75, 3.05) is 0 Å². The summed E-state index contributed by atoms with van der Waals surface area (Å²) in [5.74, 6) is 0. The highest BCUT2D eigenvalue weighted by Gasteiger charge is 2.43. The third-order valence-electron chi connectivity index (χ3n) is 17.2. The van der Waals surface area contributed by atoms with Gasteiger partial charge in [0.15, 0.2) is 0 Å². The van der Waals surface area contributed by atoms with E-state index in [0.717, 1.165) is 72.8 Å². The van der Waals surface area contributed by atoms with Crippen LogP contribution >= 0.6 is 0 Å². The Bertz CT molecular complexity index is 5030. The van der Waals surface area contributed by atoms with E-state index in [-0.39, 0.29) is 90.5 Å².